The van der Waals surface area contributed by atoms with Gasteiger partial charge in [0.2, 0.25) is 0 Å². The Morgan fingerprint density at radius 3 is 2.57 bits per heavy atom. The molecule has 0 bridgehead atoms. The lowest BCUT2D eigenvalue weighted by Gasteiger charge is -2.14. The Bertz CT molecular complexity index is 307. The van der Waals surface area contributed by atoms with Gasteiger partial charge in [0, 0.05) is 13.0 Å². The monoisotopic (exact) mass is 200 g/mol. The van der Waals surface area contributed by atoms with E-state index >= 15 is 0 Å². The zero-order chi connectivity index (χ0) is 10.8. The van der Waals surface area contributed by atoms with Crippen molar-refractivity contribution in [3.05, 3.63) is 29.6 Å². The van der Waals surface area contributed by atoms with Crippen LogP contribution in [0.15, 0.2) is 18.2 Å². The standard InChI is InChI=1S/C10H14F2N2/c1-7(13-3)8-5-4-6-9(14-8)10(2,11)12/h4-7,13H,1-3H3. The molecular formula is C10H14F2N2. The number of hydrogen-bond acceptors (Lipinski definition) is 2. The Morgan fingerprint density at radius 1 is 1.43 bits per heavy atom. The highest BCUT2D eigenvalue weighted by Gasteiger charge is 2.26. The van der Waals surface area contributed by atoms with Crippen molar-refractivity contribution < 1.29 is 8.78 Å². The smallest absolute Gasteiger partial charge is 0.286 e. The average molecular weight is 200 g/mol. The Balaban J connectivity index is 3.01. The van der Waals surface area contributed by atoms with Crippen molar-refractivity contribution in [3.8, 4) is 0 Å². The Hall–Kier alpha value is -1.03. The molecule has 0 amide bonds. The van der Waals surface area contributed by atoms with Gasteiger partial charge in [-0.05, 0) is 26.1 Å². The molecule has 0 aromatic carbocycles. The van der Waals surface area contributed by atoms with Gasteiger partial charge in [0.25, 0.3) is 5.92 Å². The molecule has 1 rings (SSSR count). The molecule has 4 heteroatoms. The van der Waals surface area contributed by atoms with E-state index in [-0.39, 0.29) is 11.7 Å². The number of rotatable bonds is 3. The number of hydrogen-bond donors (Lipinski definition) is 1. The predicted octanol–water partition coefficient (Wildman–Crippen LogP) is 2.47. The topological polar surface area (TPSA) is 24.9 Å². The van der Waals surface area contributed by atoms with Crippen LogP contribution in [0.25, 0.3) is 0 Å². The highest BCUT2D eigenvalue weighted by Crippen LogP contribution is 2.25. The molecular weight excluding hydrogens is 186 g/mol. The molecule has 1 aromatic rings. The second kappa shape index (κ2) is 4.00. The van der Waals surface area contributed by atoms with Crippen LogP contribution >= 0.6 is 0 Å². The predicted molar refractivity (Wildman–Crippen MR) is 51.3 cm³/mol. The molecule has 1 heterocycles. The van der Waals surface area contributed by atoms with Gasteiger partial charge in [-0.25, -0.2) is 4.98 Å². The third-order valence-electron chi connectivity index (χ3n) is 2.10. The van der Waals surface area contributed by atoms with E-state index in [1.807, 2.05) is 6.92 Å². The van der Waals surface area contributed by atoms with Crippen molar-refractivity contribution in [1.82, 2.24) is 10.3 Å². The fraction of sp³-hybridized carbons (Fsp3) is 0.500. The van der Waals surface area contributed by atoms with E-state index in [4.69, 9.17) is 0 Å². The van der Waals surface area contributed by atoms with Crippen molar-refractivity contribution in [2.45, 2.75) is 25.8 Å². The SMILES string of the molecule is CNC(C)c1cccc(C(C)(F)F)n1. The third kappa shape index (κ3) is 2.48. The number of halogens is 2. The van der Waals surface area contributed by atoms with Gasteiger partial charge >= 0.3 is 0 Å². The average Bonchev–Trinajstić information content (AvgIpc) is 2.15. The van der Waals surface area contributed by atoms with Gasteiger partial charge in [-0.2, -0.15) is 8.78 Å². The zero-order valence-corrected chi connectivity index (χ0v) is 8.51. The maximum absolute atomic E-state index is 12.9. The summed E-state index contributed by atoms with van der Waals surface area (Å²) in [6, 6.07) is 4.66. The lowest BCUT2D eigenvalue weighted by atomic mass is 10.1. The maximum Gasteiger partial charge on any atom is 0.286 e. The molecule has 0 radical (unpaired) electrons. The molecule has 0 spiro atoms. The molecule has 1 aromatic heterocycles. The van der Waals surface area contributed by atoms with Crippen LogP contribution in [-0.2, 0) is 5.92 Å². The first-order chi connectivity index (χ1) is 6.45. The third-order valence-corrected chi connectivity index (χ3v) is 2.10. The molecule has 0 saturated heterocycles. The second-order valence-electron chi connectivity index (χ2n) is 3.35. The van der Waals surface area contributed by atoms with Crippen LogP contribution in [0.4, 0.5) is 8.78 Å². The first-order valence-electron chi connectivity index (χ1n) is 4.47. The number of nitrogens with one attached hydrogen (secondary N) is 1. The zero-order valence-electron chi connectivity index (χ0n) is 8.51. The summed E-state index contributed by atoms with van der Waals surface area (Å²) in [6.45, 7) is 2.73. The highest BCUT2D eigenvalue weighted by atomic mass is 19.3. The molecule has 0 aliphatic carbocycles. The summed E-state index contributed by atoms with van der Waals surface area (Å²) in [5.74, 6) is -2.87. The molecule has 2 nitrogen and oxygen atoms in total. The highest BCUT2D eigenvalue weighted by molar-refractivity contribution is 5.16. The Labute approximate surface area is 82.4 Å². The van der Waals surface area contributed by atoms with Crippen LogP contribution in [0.3, 0.4) is 0 Å². The van der Waals surface area contributed by atoms with Gasteiger partial charge < -0.3 is 5.32 Å². The molecule has 0 saturated carbocycles. The largest absolute Gasteiger partial charge is 0.312 e. The van der Waals surface area contributed by atoms with Gasteiger partial charge in [-0.3, -0.25) is 0 Å². The van der Waals surface area contributed by atoms with Crippen molar-refractivity contribution >= 4 is 0 Å². The van der Waals surface area contributed by atoms with Gasteiger partial charge in [0.1, 0.15) is 5.69 Å². The Morgan fingerprint density at radius 2 is 2.07 bits per heavy atom. The van der Waals surface area contributed by atoms with Gasteiger partial charge in [-0.15, -0.1) is 0 Å². The fourth-order valence-electron chi connectivity index (χ4n) is 1.08. The molecule has 0 aliphatic heterocycles. The summed E-state index contributed by atoms with van der Waals surface area (Å²) in [5.41, 5.74) is 0.448. The first kappa shape index (κ1) is 11.0. The molecule has 1 N–H and O–H groups in total. The lowest BCUT2D eigenvalue weighted by molar-refractivity contribution is 0.0125. The van der Waals surface area contributed by atoms with E-state index in [2.05, 4.69) is 10.3 Å². The quantitative estimate of drug-likeness (QED) is 0.810. The number of pyridine rings is 1. The minimum Gasteiger partial charge on any atom is -0.312 e. The molecule has 1 atom stereocenters. The minimum atomic E-state index is -2.87. The van der Waals surface area contributed by atoms with E-state index in [0.29, 0.717) is 5.69 Å². The summed E-state index contributed by atoms with van der Waals surface area (Å²) in [6.07, 6.45) is 0. The van der Waals surface area contributed by atoms with Crippen LogP contribution in [0.5, 0.6) is 0 Å². The second-order valence-corrected chi connectivity index (χ2v) is 3.35. The first-order valence-corrected chi connectivity index (χ1v) is 4.47. The van der Waals surface area contributed by atoms with Crippen molar-refractivity contribution in [2.24, 2.45) is 0 Å². The van der Waals surface area contributed by atoms with Gasteiger partial charge in [0.05, 0.1) is 5.69 Å². The normalized spacial score (nSPS) is 14.1. The van der Waals surface area contributed by atoms with Crippen LogP contribution in [0.1, 0.15) is 31.3 Å². The van der Waals surface area contributed by atoms with Crippen LogP contribution in [0, 0.1) is 0 Å². The van der Waals surface area contributed by atoms with Crippen LogP contribution in [0.2, 0.25) is 0 Å². The van der Waals surface area contributed by atoms with E-state index in [1.54, 1.807) is 19.2 Å². The summed E-state index contributed by atoms with van der Waals surface area (Å²) in [5, 5.41) is 2.95. The molecule has 1 unspecified atom stereocenters. The number of nitrogens with zero attached hydrogens (tertiary/aromatic N) is 1. The molecule has 0 aliphatic rings. The van der Waals surface area contributed by atoms with E-state index in [0.717, 1.165) is 6.92 Å². The van der Waals surface area contributed by atoms with E-state index in [1.165, 1.54) is 6.07 Å². The van der Waals surface area contributed by atoms with Crippen molar-refractivity contribution in [3.63, 3.8) is 0 Å². The summed E-state index contributed by atoms with van der Waals surface area (Å²) in [7, 11) is 1.77. The molecule has 14 heavy (non-hydrogen) atoms. The van der Waals surface area contributed by atoms with Crippen molar-refractivity contribution in [2.75, 3.05) is 7.05 Å². The van der Waals surface area contributed by atoms with Crippen molar-refractivity contribution in [1.29, 1.82) is 0 Å². The minimum absolute atomic E-state index is 0.0164. The summed E-state index contributed by atoms with van der Waals surface area (Å²) >= 11 is 0. The van der Waals surface area contributed by atoms with Crippen LogP contribution < -0.4 is 5.32 Å². The lowest BCUT2D eigenvalue weighted by Crippen LogP contribution is -2.17. The van der Waals surface area contributed by atoms with Gasteiger partial charge in [-0.1, -0.05) is 6.07 Å². The maximum atomic E-state index is 12.9. The molecule has 78 valence electrons. The van der Waals surface area contributed by atoms with E-state index in [9.17, 15) is 8.78 Å². The fourth-order valence-corrected chi connectivity index (χ4v) is 1.08. The number of alkyl halides is 2. The Kier molecular flexibility index (Phi) is 3.16. The van der Waals surface area contributed by atoms with E-state index < -0.39 is 5.92 Å². The van der Waals surface area contributed by atoms with Gasteiger partial charge in [0.15, 0.2) is 0 Å². The van der Waals surface area contributed by atoms with Crippen LogP contribution in [-0.4, -0.2) is 12.0 Å². The molecule has 0 fully saturated rings. The summed E-state index contributed by atoms with van der Waals surface area (Å²) in [4.78, 5) is 3.90. The summed E-state index contributed by atoms with van der Waals surface area (Å²) < 4.78 is 25.8. The number of aromatic nitrogens is 1.